The molecule has 0 aliphatic carbocycles. The van der Waals surface area contributed by atoms with Gasteiger partial charge in [-0.3, -0.25) is 4.99 Å². The molecule has 1 saturated heterocycles. The molecule has 1 rings (SSSR count). The fraction of sp³-hybridized carbons (Fsp3) is 0.938. The van der Waals surface area contributed by atoms with E-state index in [0.717, 1.165) is 64.1 Å². The number of ether oxygens (including phenoxy) is 1. The molecule has 0 aromatic heterocycles. The maximum Gasteiger partial charge on any atom is 0.193 e. The molecule has 0 spiro atoms. The van der Waals surface area contributed by atoms with Crippen LogP contribution in [0.5, 0.6) is 0 Å². The Hall–Kier alpha value is -0.0400. The Morgan fingerprint density at radius 1 is 1.29 bits per heavy atom. The zero-order valence-corrected chi connectivity index (χ0v) is 16.4. The molecule has 126 valence electrons. The number of nitrogens with zero attached hydrogens (tertiary/aromatic N) is 2. The van der Waals surface area contributed by atoms with Crippen molar-refractivity contribution in [3.8, 4) is 0 Å². The van der Waals surface area contributed by atoms with Gasteiger partial charge in [0.1, 0.15) is 0 Å². The molecule has 0 amide bonds. The van der Waals surface area contributed by atoms with Crippen LogP contribution in [0.4, 0.5) is 0 Å². The van der Waals surface area contributed by atoms with E-state index in [4.69, 9.17) is 9.73 Å². The first-order valence-corrected chi connectivity index (χ1v) is 8.38. The summed E-state index contributed by atoms with van der Waals surface area (Å²) in [4.78, 5) is 7.15. The third-order valence-electron chi connectivity index (χ3n) is 3.64. The minimum Gasteiger partial charge on any atom is -0.381 e. The van der Waals surface area contributed by atoms with Crippen molar-refractivity contribution < 1.29 is 4.74 Å². The van der Waals surface area contributed by atoms with Crippen LogP contribution in [0.25, 0.3) is 0 Å². The first kappa shape index (κ1) is 21.0. The number of hydrogen-bond donors (Lipinski definition) is 1. The van der Waals surface area contributed by atoms with Crippen molar-refractivity contribution in [1.29, 1.82) is 0 Å². The highest BCUT2D eigenvalue weighted by Gasteiger charge is 2.18. The van der Waals surface area contributed by atoms with Crippen LogP contribution in [0.15, 0.2) is 4.99 Å². The predicted molar refractivity (Wildman–Crippen MR) is 102 cm³/mol. The van der Waals surface area contributed by atoms with Gasteiger partial charge in [0.2, 0.25) is 0 Å². The second kappa shape index (κ2) is 13.6. The van der Waals surface area contributed by atoms with Crippen molar-refractivity contribution in [2.45, 2.75) is 52.9 Å². The lowest BCUT2D eigenvalue weighted by Crippen LogP contribution is -2.46. The Labute approximate surface area is 148 Å². The molecule has 1 fully saturated rings. The summed E-state index contributed by atoms with van der Waals surface area (Å²) in [5.41, 5.74) is 0. The van der Waals surface area contributed by atoms with E-state index < -0.39 is 0 Å². The molecule has 0 aromatic rings. The molecule has 1 aliphatic heterocycles. The Kier molecular flexibility index (Phi) is 13.6. The number of unbranched alkanes of at least 4 members (excludes halogenated alkanes) is 1. The largest absolute Gasteiger partial charge is 0.381 e. The van der Waals surface area contributed by atoms with E-state index in [1.54, 1.807) is 0 Å². The Morgan fingerprint density at radius 2 is 2.05 bits per heavy atom. The Bertz CT molecular complexity index is 274. The van der Waals surface area contributed by atoms with Gasteiger partial charge in [0.25, 0.3) is 0 Å². The summed E-state index contributed by atoms with van der Waals surface area (Å²) in [6.45, 7) is 12.5. The van der Waals surface area contributed by atoms with Crippen LogP contribution in [0.3, 0.4) is 0 Å². The van der Waals surface area contributed by atoms with Crippen molar-refractivity contribution in [1.82, 2.24) is 10.2 Å². The molecule has 1 atom stereocenters. The fourth-order valence-electron chi connectivity index (χ4n) is 2.51. The van der Waals surface area contributed by atoms with Crippen LogP contribution in [-0.4, -0.2) is 50.3 Å². The molecule has 0 bridgehead atoms. The zero-order chi connectivity index (χ0) is 14.6. The summed E-state index contributed by atoms with van der Waals surface area (Å²) >= 11 is 0. The van der Waals surface area contributed by atoms with Crippen LogP contribution in [0.2, 0.25) is 0 Å². The van der Waals surface area contributed by atoms with Crippen LogP contribution in [-0.2, 0) is 4.74 Å². The summed E-state index contributed by atoms with van der Waals surface area (Å²) in [6, 6.07) is 0. The summed E-state index contributed by atoms with van der Waals surface area (Å²) < 4.78 is 5.58. The third kappa shape index (κ3) is 9.55. The molecule has 0 saturated carbocycles. The maximum absolute atomic E-state index is 5.58. The monoisotopic (exact) mass is 411 g/mol. The summed E-state index contributed by atoms with van der Waals surface area (Å²) in [6.07, 6.45) is 6.02. The SMILES string of the molecule is CCCCOCCCN=C(NCC)N1CCCC(C)C1.I. The van der Waals surface area contributed by atoms with Crippen molar-refractivity contribution in [3.63, 3.8) is 0 Å². The molecular weight excluding hydrogens is 377 g/mol. The average Bonchev–Trinajstić information content (AvgIpc) is 2.45. The first-order chi connectivity index (χ1) is 9.77. The first-order valence-electron chi connectivity index (χ1n) is 8.38. The quantitative estimate of drug-likeness (QED) is 0.288. The van der Waals surface area contributed by atoms with Crippen molar-refractivity contribution in [3.05, 3.63) is 0 Å². The number of rotatable bonds is 8. The number of hydrogen-bond acceptors (Lipinski definition) is 2. The van der Waals surface area contributed by atoms with Gasteiger partial charge < -0.3 is 15.0 Å². The molecule has 1 N–H and O–H groups in total. The van der Waals surface area contributed by atoms with E-state index >= 15 is 0 Å². The van der Waals surface area contributed by atoms with Gasteiger partial charge in [-0.2, -0.15) is 0 Å². The topological polar surface area (TPSA) is 36.9 Å². The Balaban J connectivity index is 0.00000400. The molecule has 1 unspecified atom stereocenters. The van der Waals surface area contributed by atoms with Gasteiger partial charge in [0.05, 0.1) is 0 Å². The zero-order valence-electron chi connectivity index (χ0n) is 14.1. The van der Waals surface area contributed by atoms with Crippen molar-refractivity contribution in [2.24, 2.45) is 10.9 Å². The van der Waals surface area contributed by atoms with Gasteiger partial charge in [-0.1, -0.05) is 20.3 Å². The van der Waals surface area contributed by atoms with Gasteiger partial charge in [-0.15, -0.1) is 24.0 Å². The second-order valence-corrected chi connectivity index (χ2v) is 5.75. The van der Waals surface area contributed by atoms with E-state index in [1.807, 2.05) is 0 Å². The summed E-state index contributed by atoms with van der Waals surface area (Å²) in [5, 5.41) is 3.42. The molecule has 5 heteroatoms. The smallest absolute Gasteiger partial charge is 0.193 e. The Morgan fingerprint density at radius 3 is 2.71 bits per heavy atom. The fourth-order valence-corrected chi connectivity index (χ4v) is 2.51. The maximum atomic E-state index is 5.58. The highest BCUT2D eigenvalue weighted by atomic mass is 127. The van der Waals surface area contributed by atoms with E-state index in [0.29, 0.717) is 0 Å². The number of halogens is 1. The molecule has 0 radical (unpaired) electrons. The number of guanidine groups is 1. The molecular formula is C16H34IN3O. The van der Waals surface area contributed by atoms with E-state index in [9.17, 15) is 0 Å². The third-order valence-corrected chi connectivity index (χ3v) is 3.64. The number of nitrogens with one attached hydrogen (secondary N) is 1. The van der Waals surface area contributed by atoms with E-state index in [2.05, 4.69) is 31.0 Å². The molecule has 21 heavy (non-hydrogen) atoms. The van der Waals surface area contributed by atoms with Crippen LogP contribution in [0, 0.1) is 5.92 Å². The highest BCUT2D eigenvalue weighted by Crippen LogP contribution is 2.15. The number of piperidine rings is 1. The summed E-state index contributed by atoms with van der Waals surface area (Å²) in [5.74, 6) is 1.87. The highest BCUT2D eigenvalue weighted by molar-refractivity contribution is 14.0. The molecule has 1 heterocycles. The van der Waals surface area contributed by atoms with Gasteiger partial charge in [0, 0.05) is 39.4 Å². The standard InChI is InChI=1S/C16H33N3O.HI/c1-4-6-12-20-13-8-10-18-16(17-5-2)19-11-7-9-15(3)14-19;/h15H,4-14H2,1-3H3,(H,17,18);1H. The second-order valence-electron chi connectivity index (χ2n) is 5.75. The van der Waals surface area contributed by atoms with Crippen molar-refractivity contribution >= 4 is 29.9 Å². The van der Waals surface area contributed by atoms with Gasteiger partial charge in [-0.05, 0) is 38.5 Å². The van der Waals surface area contributed by atoms with E-state index in [-0.39, 0.29) is 24.0 Å². The normalized spacial score (nSPS) is 19.3. The molecule has 4 nitrogen and oxygen atoms in total. The van der Waals surface area contributed by atoms with E-state index in [1.165, 1.54) is 19.3 Å². The molecule has 0 aromatic carbocycles. The summed E-state index contributed by atoms with van der Waals surface area (Å²) in [7, 11) is 0. The number of likely N-dealkylation sites (tertiary alicyclic amines) is 1. The molecule has 1 aliphatic rings. The lowest BCUT2D eigenvalue weighted by molar-refractivity contribution is 0.130. The van der Waals surface area contributed by atoms with Crippen LogP contribution >= 0.6 is 24.0 Å². The minimum absolute atomic E-state index is 0. The van der Waals surface area contributed by atoms with Crippen LogP contribution < -0.4 is 5.32 Å². The van der Waals surface area contributed by atoms with Crippen molar-refractivity contribution in [2.75, 3.05) is 39.4 Å². The van der Waals surface area contributed by atoms with Gasteiger partial charge >= 0.3 is 0 Å². The van der Waals surface area contributed by atoms with Crippen LogP contribution in [0.1, 0.15) is 52.9 Å². The minimum atomic E-state index is 0. The lowest BCUT2D eigenvalue weighted by Gasteiger charge is -2.33. The lowest BCUT2D eigenvalue weighted by atomic mass is 10.0. The predicted octanol–water partition coefficient (Wildman–Crippen LogP) is 3.51. The average molecular weight is 411 g/mol. The van der Waals surface area contributed by atoms with Gasteiger partial charge in [-0.25, -0.2) is 0 Å². The number of aliphatic imine (C=N–C) groups is 1. The van der Waals surface area contributed by atoms with Gasteiger partial charge in [0.15, 0.2) is 5.96 Å².